The van der Waals surface area contributed by atoms with E-state index in [1.807, 2.05) is 24.3 Å². The van der Waals surface area contributed by atoms with Crippen LogP contribution in [0.4, 0.5) is 0 Å². The van der Waals surface area contributed by atoms with E-state index < -0.39 is 0 Å². The third kappa shape index (κ3) is 2.17. The molecule has 0 spiro atoms. The molecule has 2 rings (SSSR count). The Kier molecular flexibility index (Phi) is 3.63. The molecule has 0 N–H and O–H groups in total. The van der Waals surface area contributed by atoms with Gasteiger partial charge in [-0.3, -0.25) is 0 Å². The molecule has 0 amide bonds. The fraction of sp³-hybridized carbons (Fsp3) is 0.111. The zero-order valence-electron chi connectivity index (χ0n) is 6.77. The number of hydrogen-bond donors (Lipinski definition) is 0. The van der Waals surface area contributed by atoms with Gasteiger partial charge in [-0.2, -0.15) is 0 Å². The number of pyridine rings is 2. The molecule has 0 saturated heterocycles. The minimum atomic E-state index is 0. The Hall–Kier alpha value is -0.670. The van der Waals surface area contributed by atoms with Gasteiger partial charge >= 0.3 is 0 Å². The van der Waals surface area contributed by atoms with Crippen molar-refractivity contribution in [3.63, 3.8) is 0 Å². The zero-order valence-corrected chi connectivity index (χ0v) is 9.18. The summed E-state index contributed by atoms with van der Waals surface area (Å²) in [6.07, 6.45) is 1.76. The second kappa shape index (κ2) is 4.53. The predicted molar refractivity (Wildman–Crippen MR) is 59.4 cm³/mol. The molecule has 13 heavy (non-hydrogen) atoms. The van der Waals surface area contributed by atoms with E-state index in [2.05, 4.69) is 25.9 Å². The lowest BCUT2D eigenvalue weighted by Crippen LogP contribution is -1.87. The van der Waals surface area contributed by atoms with Gasteiger partial charge in [0.15, 0.2) is 5.65 Å². The first kappa shape index (κ1) is 10.4. The number of alkyl halides is 1. The summed E-state index contributed by atoms with van der Waals surface area (Å²) < 4.78 is 0. The number of hydrogen-bond acceptors (Lipinski definition) is 2. The van der Waals surface area contributed by atoms with Crippen molar-refractivity contribution in [3.05, 3.63) is 36.2 Å². The first-order valence-corrected chi connectivity index (χ1v) is 4.79. The lowest BCUT2D eigenvalue weighted by atomic mass is 10.3. The molecule has 0 fully saturated rings. The van der Waals surface area contributed by atoms with E-state index in [0.29, 0.717) is 0 Å². The Labute approximate surface area is 90.9 Å². The molecule has 0 bridgehead atoms. The Morgan fingerprint density at radius 3 is 2.85 bits per heavy atom. The fourth-order valence-corrected chi connectivity index (χ4v) is 1.38. The highest BCUT2D eigenvalue weighted by atomic mass is 79.9. The summed E-state index contributed by atoms with van der Waals surface area (Å²) in [4.78, 5) is 8.49. The molecule has 2 aromatic heterocycles. The number of aromatic nitrogens is 2. The van der Waals surface area contributed by atoms with Gasteiger partial charge in [0.05, 0.1) is 5.69 Å². The molecule has 68 valence electrons. The summed E-state index contributed by atoms with van der Waals surface area (Å²) >= 11 is 3.35. The number of nitrogens with zero attached hydrogens (tertiary/aromatic N) is 2. The van der Waals surface area contributed by atoms with Crippen LogP contribution in [0.15, 0.2) is 30.5 Å². The normalized spacial score (nSPS) is 9.62. The SMILES string of the molecule is BrCc1ccc2cccnc2n1.Cl. The lowest BCUT2D eigenvalue weighted by molar-refractivity contribution is 1.19. The number of rotatable bonds is 1. The van der Waals surface area contributed by atoms with Crippen molar-refractivity contribution in [2.24, 2.45) is 0 Å². The second-order valence-electron chi connectivity index (χ2n) is 2.49. The van der Waals surface area contributed by atoms with Crippen molar-refractivity contribution in [2.75, 3.05) is 0 Å². The molecule has 4 heteroatoms. The molecule has 2 heterocycles. The van der Waals surface area contributed by atoms with Crippen LogP contribution in [0.5, 0.6) is 0 Å². The highest BCUT2D eigenvalue weighted by molar-refractivity contribution is 9.08. The highest BCUT2D eigenvalue weighted by Crippen LogP contribution is 2.10. The molecule has 2 aromatic rings. The standard InChI is InChI=1S/C9H7BrN2.ClH/c10-6-8-4-3-7-2-1-5-11-9(7)12-8;/h1-5H,6H2;1H. The van der Waals surface area contributed by atoms with Gasteiger partial charge in [-0.15, -0.1) is 12.4 Å². The maximum atomic E-state index is 4.34. The minimum absolute atomic E-state index is 0. The molecule has 0 saturated carbocycles. The molecular formula is C9H8BrClN2. The topological polar surface area (TPSA) is 25.8 Å². The highest BCUT2D eigenvalue weighted by Gasteiger charge is 1.95. The van der Waals surface area contributed by atoms with Crippen LogP contribution < -0.4 is 0 Å². The van der Waals surface area contributed by atoms with E-state index in [9.17, 15) is 0 Å². The average molecular weight is 260 g/mol. The zero-order chi connectivity index (χ0) is 8.39. The fourth-order valence-electron chi connectivity index (χ4n) is 1.07. The molecule has 0 aliphatic heterocycles. The Morgan fingerprint density at radius 2 is 2.08 bits per heavy atom. The first-order valence-electron chi connectivity index (χ1n) is 3.67. The van der Waals surface area contributed by atoms with E-state index in [-0.39, 0.29) is 12.4 Å². The third-order valence-electron chi connectivity index (χ3n) is 1.66. The molecular weight excluding hydrogens is 251 g/mol. The largest absolute Gasteiger partial charge is 0.237 e. The van der Waals surface area contributed by atoms with Gasteiger partial charge in [0.2, 0.25) is 0 Å². The molecule has 0 aromatic carbocycles. The summed E-state index contributed by atoms with van der Waals surface area (Å²) in [6, 6.07) is 7.95. The van der Waals surface area contributed by atoms with Gasteiger partial charge in [0.25, 0.3) is 0 Å². The van der Waals surface area contributed by atoms with Crippen LogP contribution in [0.1, 0.15) is 5.69 Å². The van der Waals surface area contributed by atoms with Gasteiger partial charge in [-0.1, -0.05) is 15.9 Å². The summed E-state index contributed by atoms with van der Waals surface area (Å²) in [5, 5.41) is 1.86. The van der Waals surface area contributed by atoms with Crippen molar-refractivity contribution < 1.29 is 0 Å². The Morgan fingerprint density at radius 1 is 1.23 bits per heavy atom. The van der Waals surface area contributed by atoms with Crippen LogP contribution >= 0.6 is 28.3 Å². The summed E-state index contributed by atoms with van der Waals surface area (Å²) in [7, 11) is 0. The van der Waals surface area contributed by atoms with E-state index in [0.717, 1.165) is 22.1 Å². The summed E-state index contributed by atoms with van der Waals surface area (Å²) in [6.45, 7) is 0. The molecule has 0 aliphatic carbocycles. The predicted octanol–water partition coefficient (Wildman–Crippen LogP) is 2.95. The first-order chi connectivity index (χ1) is 5.90. The van der Waals surface area contributed by atoms with Gasteiger partial charge in [0, 0.05) is 16.9 Å². The van der Waals surface area contributed by atoms with Gasteiger partial charge in [-0.05, 0) is 24.3 Å². The smallest absolute Gasteiger partial charge is 0.159 e. The van der Waals surface area contributed by atoms with Crippen LogP contribution in [-0.4, -0.2) is 9.97 Å². The Balaban J connectivity index is 0.000000845. The van der Waals surface area contributed by atoms with Crippen LogP contribution in [-0.2, 0) is 5.33 Å². The molecule has 0 atom stereocenters. The number of fused-ring (bicyclic) bond motifs is 1. The van der Waals surface area contributed by atoms with Crippen molar-refractivity contribution in [3.8, 4) is 0 Å². The van der Waals surface area contributed by atoms with Crippen LogP contribution in [0.25, 0.3) is 11.0 Å². The van der Waals surface area contributed by atoms with E-state index in [1.54, 1.807) is 6.20 Å². The average Bonchev–Trinajstić information content (AvgIpc) is 2.17. The maximum absolute atomic E-state index is 4.34. The van der Waals surface area contributed by atoms with Crippen LogP contribution in [0.2, 0.25) is 0 Å². The molecule has 0 aliphatic rings. The quantitative estimate of drug-likeness (QED) is 0.736. The van der Waals surface area contributed by atoms with Gasteiger partial charge in [0.1, 0.15) is 0 Å². The Bertz CT molecular complexity index is 405. The third-order valence-corrected chi connectivity index (χ3v) is 2.23. The van der Waals surface area contributed by atoms with Crippen LogP contribution in [0.3, 0.4) is 0 Å². The van der Waals surface area contributed by atoms with Gasteiger partial charge < -0.3 is 0 Å². The van der Waals surface area contributed by atoms with E-state index >= 15 is 0 Å². The molecule has 0 radical (unpaired) electrons. The van der Waals surface area contributed by atoms with Gasteiger partial charge in [-0.25, -0.2) is 9.97 Å². The van der Waals surface area contributed by atoms with Crippen molar-refractivity contribution in [1.29, 1.82) is 0 Å². The summed E-state index contributed by atoms with van der Waals surface area (Å²) in [5.41, 5.74) is 1.83. The lowest BCUT2D eigenvalue weighted by Gasteiger charge is -1.97. The minimum Gasteiger partial charge on any atom is -0.237 e. The number of halogens is 2. The molecule has 0 unspecified atom stereocenters. The van der Waals surface area contributed by atoms with E-state index in [4.69, 9.17) is 0 Å². The summed E-state index contributed by atoms with van der Waals surface area (Å²) in [5.74, 6) is 0. The second-order valence-corrected chi connectivity index (χ2v) is 3.05. The van der Waals surface area contributed by atoms with Crippen LogP contribution in [0, 0.1) is 0 Å². The van der Waals surface area contributed by atoms with Crippen molar-refractivity contribution in [1.82, 2.24) is 9.97 Å². The van der Waals surface area contributed by atoms with Crippen molar-refractivity contribution >= 4 is 39.4 Å². The monoisotopic (exact) mass is 258 g/mol. The maximum Gasteiger partial charge on any atom is 0.159 e. The molecule has 2 nitrogen and oxygen atoms in total. The van der Waals surface area contributed by atoms with Crippen molar-refractivity contribution in [2.45, 2.75) is 5.33 Å². The van der Waals surface area contributed by atoms with E-state index in [1.165, 1.54) is 0 Å².